The number of aryl methyl sites for hydroxylation is 1. The Kier molecular flexibility index (Phi) is 5.21. The van der Waals surface area contributed by atoms with Crippen molar-refractivity contribution in [2.75, 3.05) is 13.7 Å². The standard InChI is InChI=1S/C16H21N3O/c1-13-10-18-15(11-17-13)12-19(2)16(8-9-20)14-6-4-3-5-7-14/h3-7,10-11,16,20H,8-9,12H2,1-2H3/t16-/m0/s1. The van der Waals surface area contributed by atoms with Gasteiger partial charge in [0.05, 0.1) is 11.4 Å². The van der Waals surface area contributed by atoms with Crippen LogP contribution in [0.1, 0.15) is 29.4 Å². The zero-order chi connectivity index (χ0) is 14.4. The van der Waals surface area contributed by atoms with Crippen LogP contribution < -0.4 is 0 Å². The van der Waals surface area contributed by atoms with Crippen molar-refractivity contribution in [2.24, 2.45) is 0 Å². The quantitative estimate of drug-likeness (QED) is 0.876. The molecule has 4 heteroatoms. The van der Waals surface area contributed by atoms with Gasteiger partial charge in [0.1, 0.15) is 0 Å². The van der Waals surface area contributed by atoms with Crippen LogP contribution in [0.25, 0.3) is 0 Å². The van der Waals surface area contributed by atoms with Crippen molar-refractivity contribution in [1.82, 2.24) is 14.9 Å². The van der Waals surface area contributed by atoms with Crippen LogP contribution >= 0.6 is 0 Å². The van der Waals surface area contributed by atoms with Crippen molar-refractivity contribution in [3.05, 3.63) is 59.7 Å². The number of rotatable bonds is 6. The van der Waals surface area contributed by atoms with Crippen molar-refractivity contribution in [3.8, 4) is 0 Å². The average molecular weight is 271 g/mol. The number of aliphatic hydroxyl groups excluding tert-OH is 1. The molecule has 1 aromatic heterocycles. The first-order valence-electron chi connectivity index (χ1n) is 6.84. The molecule has 1 N–H and O–H groups in total. The molecule has 0 bridgehead atoms. The van der Waals surface area contributed by atoms with E-state index in [0.29, 0.717) is 13.0 Å². The minimum absolute atomic E-state index is 0.170. The molecule has 0 aliphatic rings. The van der Waals surface area contributed by atoms with Crippen molar-refractivity contribution in [3.63, 3.8) is 0 Å². The first kappa shape index (κ1) is 14.6. The lowest BCUT2D eigenvalue weighted by molar-refractivity contribution is 0.178. The van der Waals surface area contributed by atoms with Gasteiger partial charge in [0.15, 0.2) is 0 Å². The van der Waals surface area contributed by atoms with Crippen LogP contribution in [-0.2, 0) is 6.54 Å². The van der Waals surface area contributed by atoms with Gasteiger partial charge in [0, 0.05) is 31.6 Å². The Hall–Kier alpha value is -1.78. The van der Waals surface area contributed by atoms with E-state index >= 15 is 0 Å². The molecule has 0 amide bonds. The first-order valence-corrected chi connectivity index (χ1v) is 6.84. The van der Waals surface area contributed by atoms with E-state index in [1.807, 2.05) is 31.3 Å². The number of hydrogen-bond acceptors (Lipinski definition) is 4. The summed E-state index contributed by atoms with van der Waals surface area (Å²) >= 11 is 0. The highest BCUT2D eigenvalue weighted by atomic mass is 16.3. The molecule has 0 fully saturated rings. The Bertz CT molecular complexity index is 513. The second-order valence-electron chi connectivity index (χ2n) is 5.00. The van der Waals surface area contributed by atoms with E-state index in [9.17, 15) is 5.11 Å². The van der Waals surface area contributed by atoms with Crippen LogP contribution in [0, 0.1) is 6.92 Å². The summed E-state index contributed by atoms with van der Waals surface area (Å²) in [4.78, 5) is 10.9. The number of nitrogens with zero attached hydrogens (tertiary/aromatic N) is 3. The molecular formula is C16H21N3O. The van der Waals surface area contributed by atoms with Crippen LogP contribution in [-0.4, -0.2) is 33.6 Å². The fraction of sp³-hybridized carbons (Fsp3) is 0.375. The Morgan fingerprint density at radius 1 is 1.15 bits per heavy atom. The molecule has 2 aromatic rings. The molecule has 106 valence electrons. The van der Waals surface area contributed by atoms with Crippen LogP contribution in [0.15, 0.2) is 42.7 Å². The lowest BCUT2D eigenvalue weighted by Gasteiger charge is -2.27. The van der Waals surface area contributed by atoms with E-state index in [1.165, 1.54) is 5.56 Å². The summed E-state index contributed by atoms with van der Waals surface area (Å²) in [6.07, 6.45) is 4.30. The predicted molar refractivity (Wildman–Crippen MR) is 79.1 cm³/mol. The molecule has 2 rings (SSSR count). The molecule has 4 nitrogen and oxygen atoms in total. The topological polar surface area (TPSA) is 49.2 Å². The number of aromatic nitrogens is 2. The Balaban J connectivity index is 2.11. The number of benzene rings is 1. The SMILES string of the molecule is Cc1cnc(CN(C)[C@@H](CCO)c2ccccc2)cn1. The van der Waals surface area contributed by atoms with Gasteiger partial charge in [-0.2, -0.15) is 0 Å². The molecule has 0 aliphatic carbocycles. The van der Waals surface area contributed by atoms with Gasteiger partial charge in [-0.3, -0.25) is 14.9 Å². The summed E-state index contributed by atoms with van der Waals surface area (Å²) in [7, 11) is 2.05. The Labute approximate surface area is 120 Å². The summed E-state index contributed by atoms with van der Waals surface area (Å²) in [5, 5.41) is 9.29. The number of aliphatic hydroxyl groups is 1. The van der Waals surface area contributed by atoms with Gasteiger partial charge in [-0.15, -0.1) is 0 Å². The maximum absolute atomic E-state index is 9.29. The van der Waals surface area contributed by atoms with Gasteiger partial charge in [0.2, 0.25) is 0 Å². The van der Waals surface area contributed by atoms with Crippen molar-refractivity contribution < 1.29 is 5.11 Å². The van der Waals surface area contributed by atoms with E-state index in [2.05, 4.69) is 34.0 Å². The van der Waals surface area contributed by atoms with Gasteiger partial charge in [0.25, 0.3) is 0 Å². The maximum Gasteiger partial charge on any atom is 0.0727 e. The van der Waals surface area contributed by atoms with Crippen LogP contribution in [0.4, 0.5) is 0 Å². The van der Waals surface area contributed by atoms with Gasteiger partial charge < -0.3 is 5.11 Å². The smallest absolute Gasteiger partial charge is 0.0727 e. The van der Waals surface area contributed by atoms with Crippen LogP contribution in [0.5, 0.6) is 0 Å². The minimum atomic E-state index is 0.170. The van der Waals surface area contributed by atoms with E-state index in [4.69, 9.17) is 0 Å². The van der Waals surface area contributed by atoms with Crippen molar-refractivity contribution >= 4 is 0 Å². The van der Waals surface area contributed by atoms with E-state index in [0.717, 1.165) is 11.4 Å². The maximum atomic E-state index is 9.29. The van der Waals surface area contributed by atoms with Gasteiger partial charge >= 0.3 is 0 Å². The highest BCUT2D eigenvalue weighted by Gasteiger charge is 2.17. The second kappa shape index (κ2) is 7.12. The van der Waals surface area contributed by atoms with Gasteiger partial charge in [-0.25, -0.2) is 0 Å². The van der Waals surface area contributed by atoms with Crippen molar-refractivity contribution in [2.45, 2.75) is 25.9 Å². The molecule has 0 saturated heterocycles. The lowest BCUT2D eigenvalue weighted by atomic mass is 10.0. The van der Waals surface area contributed by atoms with Crippen LogP contribution in [0.3, 0.4) is 0 Å². The highest BCUT2D eigenvalue weighted by molar-refractivity contribution is 5.19. The summed E-state index contributed by atoms with van der Waals surface area (Å²) in [5.74, 6) is 0. The summed E-state index contributed by atoms with van der Waals surface area (Å²) in [5.41, 5.74) is 3.08. The molecule has 0 unspecified atom stereocenters. The summed E-state index contributed by atoms with van der Waals surface area (Å²) in [6, 6.07) is 10.4. The largest absolute Gasteiger partial charge is 0.396 e. The number of hydrogen-bond donors (Lipinski definition) is 1. The molecule has 0 spiro atoms. The molecule has 1 heterocycles. The van der Waals surface area contributed by atoms with E-state index < -0.39 is 0 Å². The normalized spacial score (nSPS) is 12.6. The Morgan fingerprint density at radius 3 is 2.50 bits per heavy atom. The molecule has 0 aliphatic heterocycles. The lowest BCUT2D eigenvalue weighted by Crippen LogP contribution is -2.25. The highest BCUT2D eigenvalue weighted by Crippen LogP contribution is 2.23. The van der Waals surface area contributed by atoms with E-state index in [-0.39, 0.29) is 12.6 Å². The summed E-state index contributed by atoms with van der Waals surface area (Å²) in [6.45, 7) is 2.81. The molecule has 20 heavy (non-hydrogen) atoms. The zero-order valence-corrected chi connectivity index (χ0v) is 12.0. The first-order chi connectivity index (χ1) is 9.70. The van der Waals surface area contributed by atoms with Crippen molar-refractivity contribution in [1.29, 1.82) is 0 Å². The fourth-order valence-corrected chi connectivity index (χ4v) is 2.31. The minimum Gasteiger partial charge on any atom is -0.396 e. The second-order valence-corrected chi connectivity index (χ2v) is 5.00. The fourth-order valence-electron chi connectivity index (χ4n) is 2.31. The van der Waals surface area contributed by atoms with Gasteiger partial charge in [-0.1, -0.05) is 30.3 Å². The molecule has 0 radical (unpaired) electrons. The molecular weight excluding hydrogens is 250 g/mol. The monoisotopic (exact) mass is 271 g/mol. The molecule has 0 saturated carbocycles. The van der Waals surface area contributed by atoms with Gasteiger partial charge in [-0.05, 0) is 26.0 Å². The van der Waals surface area contributed by atoms with E-state index in [1.54, 1.807) is 6.20 Å². The average Bonchev–Trinajstić information content (AvgIpc) is 2.48. The third-order valence-electron chi connectivity index (χ3n) is 3.36. The predicted octanol–water partition coefficient (Wildman–Crippen LogP) is 2.34. The van der Waals surface area contributed by atoms with Crippen LogP contribution in [0.2, 0.25) is 0 Å². The molecule has 1 aromatic carbocycles. The zero-order valence-electron chi connectivity index (χ0n) is 12.0. The Morgan fingerprint density at radius 2 is 1.90 bits per heavy atom. The molecule has 1 atom stereocenters. The third-order valence-corrected chi connectivity index (χ3v) is 3.36. The summed E-state index contributed by atoms with van der Waals surface area (Å²) < 4.78 is 0. The third kappa shape index (κ3) is 3.85.